The fourth-order valence-electron chi connectivity index (χ4n) is 3.22. The quantitative estimate of drug-likeness (QED) is 0.485. The van der Waals surface area contributed by atoms with Gasteiger partial charge in [0.1, 0.15) is 12.4 Å². The van der Waals surface area contributed by atoms with Crippen molar-refractivity contribution < 1.29 is 26.0 Å². The van der Waals surface area contributed by atoms with Crippen molar-refractivity contribution in [3.8, 4) is 0 Å². The van der Waals surface area contributed by atoms with Crippen LogP contribution in [0.25, 0.3) is 0 Å². The molecule has 0 unspecified atom stereocenters. The second kappa shape index (κ2) is 9.82. The fourth-order valence-corrected chi connectivity index (χ4v) is 5.20. The maximum atomic E-state index is 14.1. The van der Waals surface area contributed by atoms with Crippen LogP contribution in [0.3, 0.4) is 0 Å². The van der Waals surface area contributed by atoms with Gasteiger partial charge in [-0.25, -0.2) is 21.2 Å². The Kier molecular flexibility index (Phi) is 7.27. The van der Waals surface area contributed by atoms with Gasteiger partial charge in [0.05, 0.1) is 22.5 Å². The first-order chi connectivity index (χ1) is 15.9. The van der Waals surface area contributed by atoms with Crippen molar-refractivity contribution in [1.29, 1.82) is 0 Å². The molecule has 11 heteroatoms. The third-order valence-corrected chi connectivity index (χ3v) is 7.39. The lowest BCUT2D eigenvalue weighted by atomic mass is 10.1. The van der Waals surface area contributed by atoms with Crippen molar-refractivity contribution in [2.75, 3.05) is 27.1 Å². The van der Waals surface area contributed by atoms with Gasteiger partial charge in [0, 0.05) is 5.69 Å². The predicted octanol–water partition coefficient (Wildman–Crippen LogP) is 3.65. The number of amides is 1. The van der Waals surface area contributed by atoms with Gasteiger partial charge >= 0.3 is 0 Å². The van der Waals surface area contributed by atoms with Crippen molar-refractivity contribution in [3.63, 3.8) is 0 Å². The summed E-state index contributed by atoms with van der Waals surface area (Å²) in [5.74, 6) is -1.51. The van der Waals surface area contributed by atoms with Crippen LogP contribution in [0, 0.1) is 19.7 Å². The highest BCUT2D eigenvalue weighted by molar-refractivity contribution is 7.92. The second-order valence-electron chi connectivity index (χ2n) is 7.72. The summed E-state index contributed by atoms with van der Waals surface area (Å²) in [6, 6.07) is 15.9. The third-order valence-electron chi connectivity index (χ3n) is 4.88. The number of nitrogens with one attached hydrogen (secondary N) is 2. The largest absolute Gasteiger partial charge is 0.325 e. The van der Waals surface area contributed by atoms with E-state index in [2.05, 4.69) is 10.0 Å². The molecule has 0 bridgehead atoms. The first kappa shape index (κ1) is 25.2. The van der Waals surface area contributed by atoms with Crippen LogP contribution in [0.1, 0.15) is 11.1 Å². The molecule has 1 amide bonds. The number of hydrogen-bond acceptors (Lipinski definition) is 5. The number of hydrogen-bond donors (Lipinski definition) is 2. The van der Waals surface area contributed by atoms with Crippen LogP contribution < -0.4 is 14.3 Å². The van der Waals surface area contributed by atoms with Crippen LogP contribution in [-0.4, -0.2) is 35.5 Å². The number of carbonyl (C=O) groups is 1. The van der Waals surface area contributed by atoms with Crippen LogP contribution in [0.4, 0.5) is 21.5 Å². The van der Waals surface area contributed by atoms with Crippen molar-refractivity contribution in [2.24, 2.45) is 0 Å². The van der Waals surface area contributed by atoms with Crippen LogP contribution in [-0.2, 0) is 24.8 Å². The Labute approximate surface area is 198 Å². The summed E-state index contributed by atoms with van der Waals surface area (Å²) < 4.78 is 67.0. The van der Waals surface area contributed by atoms with E-state index in [-0.39, 0.29) is 16.3 Å². The van der Waals surface area contributed by atoms with Crippen molar-refractivity contribution in [2.45, 2.75) is 18.7 Å². The Hall–Kier alpha value is -3.44. The maximum Gasteiger partial charge on any atom is 0.261 e. The predicted molar refractivity (Wildman–Crippen MR) is 130 cm³/mol. The van der Waals surface area contributed by atoms with E-state index in [0.717, 1.165) is 23.4 Å². The first-order valence-corrected chi connectivity index (χ1v) is 13.4. The molecule has 0 radical (unpaired) electrons. The molecule has 3 rings (SSSR count). The van der Waals surface area contributed by atoms with E-state index in [9.17, 15) is 26.0 Å². The summed E-state index contributed by atoms with van der Waals surface area (Å²) in [5, 5.41) is 2.49. The van der Waals surface area contributed by atoms with Crippen LogP contribution in [0.5, 0.6) is 0 Å². The molecule has 0 aromatic heterocycles. The molecule has 0 saturated heterocycles. The Morgan fingerprint density at radius 1 is 0.941 bits per heavy atom. The van der Waals surface area contributed by atoms with E-state index in [4.69, 9.17) is 0 Å². The summed E-state index contributed by atoms with van der Waals surface area (Å²) in [6.07, 6.45) is 0.870. The monoisotopic (exact) mass is 505 g/mol. The van der Waals surface area contributed by atoms with Gasteiger partial charge in [-0.3, -0.25) is 13.8 Å². The molecule has 0 aliphatic carbocycles. The molecule has 3 aromatic carbocycles. The molecule has 34 heavy (non-hydrogen) atoms. The molecule has 0 saturated carbocycles. The molecule has 0 heterocycles. The highest BCUT2D eigenvalue weighted by atomic mass is 32.2. The summed E-state index contributed by atoms with van der Waals surface area (Å²) in [7, 11) is -7.81. The number of nitrogens with zero attached hydrogens (tertiary/aromatic N) is 1. The average Bonchev–Trinajstić information content (AvgIpc) is 2.74. The number of carbonyl (C=O) groups excluding carboxylic acids is 1. The van der Waals surface area contributed by atoms with Crippen molar-refractivity contribution in [3.05, 3.63) is 83.7 Å². The number of benzene rings is 3. The van der Waals surface area contributed by atoms with Gasteiger partial charge in [0.2, 0.25) is 15.9 Å². The van der Waals surface area contributed by atoms with E-state index < -0.39 is 38.3 Å². The zero-order valence-electron chi connectivity index (χ0n) is 18.7. The van der Waals surface area contributed by atoms with Crippen molar-refractivity contribution >= 4 is 43.0 Å². The first-order valence-electron chi connectivity index (χ1n) is 10.1. The van der Waals surface area contributed by atoms with Gasteiger partial charge < -0.3 is 5.32 Å². The summed E-state index contributed by atoms with van der Waals surface area (Å²) >= 11 is 0. The molecular formula is C23H24FN3O5S2. The molecule has 180 valence electrons. The molecule has 0 atom stereocenters. The minimum absolute atomic E-state index is 0.0189. The van der Waals surface area contributed by atoms with Gasteiger partial charge in [-0.1, -0.05) is 29.8 Å². The number of rotatable bonds is 8. The molecule has 0 spiro atoms. The number of aryl methyl sites for hydroxylation is 2. The minimum Gasteiger partial charge on any atom is -0.325 e. The van der Waals surface area contributed by atoms with Gasteiger partial charge in [-0.2, -0.15) is 0 Å². The lowest BCUT2D eigenvalue weighted by Gasteiger charge is -2.22. The Balaban J connectivity index is 1.73. The fraction of sp³-hybridized carbons (Fsp3) is 0.174. The molecule has 3 aromatic rings. The Bertz CT molecular complexity index is 1420. The standard InChI is InChI=1S/C23H24FN3O5S2/c1-16-8-13-21(17(2)14-16)26-34(31,32)19-11-9-18(10-12-19)25-23(28)15-27(33(3,29)30)22-7-5-4-6-20(22)24/h4-14,26H,15H2,1-3H3,(H,25,28). The smallest absolute Gasteiger partial charge is 0.261 e. The average molecular weight is 506 g/mol. The SMILES string of the molecule is Cc1ccc(NS(=O)(=O)c2ccc(NC(=O)CN(c3ccccc3F)S(C)(=O)=O)cc2)c(C)c1. The van der Waals surface area contributed by atoms with E-state index in [1.807, 2.05) is 13.0 Å². The minimum atomic E-state index is -3.95. The van der Waals surface area contributed by atoms with Gasteiger partial charge in [-0.15, -0.1) is 0 Å². The van der Waals surface area contributed by atoms with Gasteiger partial charge in [-0.05, 0) is 61.9 Å². The third kappa shape index (κ3) is 6.12. The van der Waals surface area contributed by atoms with Gasteiger partial charge in [0.15, 0.2) is 0 Å². The Morgan fingerprint density at radius 2 is 1.59 bits per heavy atom. The summed E-state index contributed by atoms with van der Waals surface area (Å²) in [4.78, 5) is 12.5. The molecule has 2 N–H and O–H groups in total. The van der Waals surface area contributed by atoms with E-state index in [1.165, 1.54) is 42.5 Å². The topological polar surface area (TPSA) is 113 Å². The highest BCUT2D eigenvalue weighted by Gasteiger charge is 2.23. The highest BCUT2D eigenvalue weighted by Crippen LogP contribution is 2.23. The molecular weight excluding hydrogens is 481 g/mol. The zero-order valence-corrected chi connectivity index (χ0v) is 20.4. The van der Waals surface area contributed by atoms with E-state index in [1.54, 1.807) is 19.1 Å². The molecule has 8 nitrogen and oxygen atoms in total. The normalized spacial score (nSPS) is 11.6. The van der Waals surface area contributed by atoms with Gasteiger partial charge in [0.25, 0.3) is 10.0 Å². The number of para-hydroxylation sites is 1. The van der Waals surface area contributed by atoms with Crippen LogP contribution in [0.15, 0.2) is 71.6 Å². The van der Waals surface area contributed by atoms with E-state index >= 15 is 0 Å². The molecule has 0 aliphatic heterocycles. The lowest BCUT2D eigenvalue weighted by Crippen LogP contribution is -2.38. The number of sulfonamides is 2. The maximum absolute atomic E-state index is 14.1. The number of anilines is 3. The lowest BCUT2D eigenvalue weighted by molar-refractivity contribution is -0.114. The second-order valence-corrected chi connectivity index (χ2v) is 11.3. The van der Waals surface area contributed by atoms with Crippen LogP contribution >= 0.6 is 0 Å². The molecule has 0 aliphatic rings. The van der Waals surface area contributed by atoms with E-state index in [0.29, 0.717) is 9.99 Å². The summed E-state index contributed by atoms with van der Waals surface area (Å²) in [5.41, 5.74) is 2.23. The van der Waals surface area contributed by atoms with Crippen LogP contribution in [0.2, 0.25) is 0 Å². The zero-order chi connectivity index (χ0) is 25.1. The Morgan fingerprint density at radius 3 is 2.18 bits per heavy atom. The number of halogens is 1. The van der Waals surface area contributed by atoms with Crippen molar-refractivity contribution in [1.82, 2.24) is 0 Å². The molecule has 0 fully saturated rings. The summed E-state index contributed by atoms with van der Waals surface area (Å²) in [6.45, 7) is 3.04.